The lowest BCUT2D eigenvalue weighted by molar-refractivity contribution is -0.137. The predicted octanol–water partition coefficient (Wildman–Crippen LogP) is 4.19. The number of piperidine rings is 1. The molecule has 0 bridgehead atoms. The number of ether oxygens (including phenoxy) is 1. The van der Waals surface area contributed by atoms with E-state index in [4.69, 9.17) is 16.3 Å². The molecular formula is C24H29ClN2O2. The zero-order valence-electron chi connectivity index (χ0n) is 17.0. The standard InChI is InChI=1S/C24H29ClN2O2/c1-29-17-23(28)27-12-10-24(11-13-27)18-26(15-19-6-5-9-21(25)14-19)16-22(24)20-7-3-2-4-8-20/h2-9,14,22H,10-13,15-18H2,1H3. The summed E-state index contributed by atoms with van der Waals surface area (Å²) >= 11 is 6.20. The third-order valence-electron chi connectivity index (χ3n) is 6.60. The summed E-state index contributed by atoms with van der Waals surface area (Å²) in [4.78, 5) is 16.8. The highest BCUT2D eigenvalue weighted by atomic mass is 35.5. The summed E-state index contributed by atoms with van der Waals surface area (Å²) in [5, 5.41) is 0.793. The van der Waals surface area contributed by atoms with Crippen LogP contribution < -0.4 is 0 Å². The Kier molecular flexibility index (Phi) is 6.23. The minimum Gasteiger partial charge on any atom is -0.375 e. The van der Waals surface area contributed by atoms with E-state index in [9.17, 15) is 4.79 Å². The van der Waals surface area contributed by atoms with Crippen LogP contribution in [0.2, 0.25) is 5.02 Å². The lowest BCUT2D eigenvalue weighted by Gasteiger charge is -2.43. The first-order valence-electron chi connectivity index (χ1n) is 10.4. The van der Waals surface area contributed by atoms with Crippen molar-refractivity contribution >= 4 is 17.5 Å². The van der Waals surface area contributed by atoms with Crippen LogP contribution in [0.15, 0.2) is 54.6 Å². The first-order valence-corrected chi connectivity index (χ1v) is 10.8. The Morgan fingerprint density at radius 1 is 1.14 bits per heavy atom. The molecule has 0 aliphatic carbocycles. The van der Waals surface area contributed by atoms with E-state index in [1.54, 1.807) is 7.11 Å². The molecule has 2 aliphatic rings. The maximum Gasteiger partial charge on any atom is 0.248 e. The van der Waals surface area contributed by atoms with Crippen molar-refractivity contribution in [2.45, 2.75) is 25.3 Å². The minimum absolute atomic E-state index is 0.104. The van der Waals surface area contributed by atoms with Crippen molar-refractivity contribution in [2.75, 3.05) is 39.9 Å². The van der Waals surface area contributed by atoms with E-state index in [1.807, 2.05) is 17.0 Å². The Labute approximate surface area is 178 Å². The van der Waals surface area contributed by atoms with Gasteiger partial charge in [-0.1, -0.05) is 54.1 Å². The maximum atomic E-state index is 12.3. The number of benzene rings is 2. The Balaban J connectivity index is 1.53. The van der Waals surface area contributed by atoms with Crippen LogP contribution in [-0.2, 0) is 16.1 Å². The topological polar surface area (TPSA) is 32.8 Å². The van der Waals surface area contributed by atoms with Crippen molar-refractivity contribution in [2.24, 2.45) is 5.41 Å². The summed E-state index contributed by atoms with van der Waals surface area (Å²) < 4.78 is 5.05. The fourth-order valence-corrected chi connectivity index (χ4v) is 5.37. The number of halogens is 1. The number of carbonyl (C=O) groups excluding carboxylic acids is 1. The molecule has 0 saturated carbocycles. The minimum atomic E-state index is 0.104. The SMILES string of the molecule is COCC(=O)N1CCC2(CC1)CN(Cc1cccc(Cl)c1)CC2c1ccccc1. The molecule has 2 heterocycles. The first kappa shape index (κ1) is 20.4. The second kappa shape index (κ2) is 8.86. The van der Waals surface area contributed by atoms with Crippen molar-refractivity contribution in [3.8, 4) is 0 Å². The molecule has 4 nitrogen and oxygen atoms in total. The van der Waals surface area contributed by atoms with Crippen molar-refractivity contribution in [3.05, 3.63) is 70.7 Å². The Morgan fingerprint density at radius 3 is 2.59 bits per heavy atom. The number of carbonyl (C=O) groups is 1. The molecule has 1 atom stereocenters. The van der Waals surface area contributed by atoms with Crippen molar-refractivity contribution in [3.63, 3.8) is 0 Å². The van der Waals surface area contributed by atoms with Crippen molar-refractivity contribution < 1.29 is 9.53 Å². The number of methoxy groups -OCH3 is 1. The fourth-order valence-electron chi connectivity index (χ4n) is 5.15. The first-order chi connectivity index (χ1) is 14.1. The smallest absolute Gasteiger partial charge is 0.248 e. The van der Waals surface area contributed by atoms with Crippen LogP contribution in [0.1, 0.15) is 29.9 Å². The molecule has 4 rings (SSSR count). The lowest BCUT2D eigenvalue weighted by atomic mass is 9.68. The molecule has 0 radical (unpaired) electrons. The molecule has 0 N–H and O–H groups in total. The van der Waals surface area contributed by atoms with Crippen LogP contribution in [0.5, 0.6) is 0 Å². The summed E-state index contributed by atoms with van der Waals surface area (Å²) in [5.74, 6) is 0.593. The van der Waals surface area contributed by atoms with Gasteiger partial charge in [-0.05, 0) is 41.5 Å². The van der Waals surface area contributed by atoms with Crippen LogP contribution in [0.4, 0.5) is 0 Å². The van der Waals surface area contributed by atoms with Gasteiger partial charge in [0.2, 0.25) is 5.91 Å². The van der Waals surface area contributed by atoms with Gasteiger partial charge in [-0.15, -0.1) is 0 Å². The van der Waals surface area contributed by atoms with Gasteiger partial charge in [-0.3, -0.25) is 9.69 Å². The molecule has 29 heavy (non-hydrogen) atoms. The molecule has 5 heteroatoms. The largest absolute Gasteiger partial charge is 0.375 e. The van der Waals surface area contributed by atoms with Gasteiger partial charge in [-0.25, -0.2) is 0 Å². The summed E-state index contributed by atoms with van der Waals surface area (Å²) in [6, 6.07) is 19.1. The van der Waals surface area contributed by atoms with Crippen LogP contribution in [0.25, 0.3) is 0 Å². The monoisotopic (exact) mass is 412 g/mol. The summed E-state index contributed by atoms with van der Waals surface area (Å²) in [5.41, 5.74) is 2.89. The number of amides is 1. The van der Waals surface area contributed by atoms with Gasteiger partial charge >= 0.3 is 0 Å². The number of hydrogen-bond acceptors (Lipinski definition) is 3. The molecular weight excluding hydrogens is 384 g/mol. The van der Waals surface area contributed by atoms with E-state index >= 15 is 0 Å². The number of likely N-dealkylation sites (tertiary alicyclic amines) is 2. The van der Waals surface area contributed by atoms with Gasteiger partial charge in [0.15, 0.2) is 0 Å². The molecule has 1 unspecified atom stereocenters. The number of hydrogen-bond donors (Lipinski definition) is 0. The average molecular weight is 413 g/mol. The highest BCUT2D eigenvalue weighted by Gasteiger charge is 2.48. The maximum absolute atomic E-state index is 12.3. The Bertz CT molecular complexity index is 834. The van der Waals surface area contributed by atoms with Gasteiger partial charge in [-0.2, -0.15) is 0 Å². The fraction of sp³-hybridized carbons (Fsp3) is 0.458. The molecule has 2 fully saturated rings. The summed E-state index contributed by atoms with van der Waals surface area (Å²) in [6.07, 6.45) is 2.07. The van der Waals surface area contributed by atoms with Crippen LogP contribution in [-0.4, -0.2) is 55.6 Å². The van der Waals surface area contributed by atoms with Crippen LogP contribution >= 0.6 is 11.6 Å². The van der Waals surface area contributed by atoms with Crippen molar-refractivity contribution in [1.82, 2.24) is 9.80 Å². The average Bonchev–Trinajstić information content (AvgIpc) is 3.06. The molecule has 2 aromatic carbocycles. The highest BCUT2D eigenvalue weighted by molar-refractivity contribution is 6.30. The zero-order chi connectivity index (χ0) is 20.3. The molecule has 1 spiro atoms. The van der Waals surface area contributed by atoms with E-state index in [2.05, 4.69) is 47.4 Å². The molecule has 2 aliphatic heterocycles. The van der Waals surface area contributed by atoms with E-state index in [0.717, 1.165) is 50.6 Å². The van der Waals surface area contributed by atoms with E-state index in [-0.39, 0.29) is 17.9 Å². The Hall–Kier alpha value is -1.88. The quantitative estimate of drug-likeness (QED) is 0.738. The number of rotatable bonds is 5. The van der Waals surface area contributed by atoms with Gasteiger partial charge in [0.25, 0.3) is 0 Å². The molecule has 0 aromatic heterocycles. The lowest BCUT2D eigenvalue weighted by Crippen LogP contribution is -2.47. The van der Waals surface area contributed by atoms with Gasteiger partial charge in [0.05, 0.1) is 0 Å². The van der Waals surface area contributed by atoms with Crippen molar-refractivity contribution in [1.29, 1.82) is 0 Å². The molecule has 2 saturated heterocycles. The van der Waals surface area contributed by atoms with Crippen LogP contribution in [0.3, 0.4) is 0 Å². The van der Waals surface area contributed by atoms with E-state index in [0.29, 0.717) is 5.92 Å². The normalized spacial score (nSPS) is 21.6. The van der Waals surface area contributed by atoms with Gasteiger partial charge in [0.1, 0.15) is 6.61 Å². The third kappa shape index (κ3) is 4.50. The third-order valence-corrected chi connectivity index (χ3v) is 6.83. The highest BCUT2D eigenvalue weighted by Crippen LogP contribution is 2.50. The number of nitrogens with zero attached hydrogens (tertiary/aromatic N) is 2. The van der Waals surface area contributed by atoms with Gasteiger partial charge < -0.3 is 9.64 Å². The zero-order valence-corrected chi connectivity index (χ0v) is 17.8. The molecule has 1 amide bonds. The summed E-state index contributed by atoms with van der Waals surface area (Å²) in [6.45, 7) is 4.83. The Morgan fingerprint density at radius 2 is 1.90 bits per heavy atom. The van der Waals surface area contributed by atoms with E-state index in [1.165, 1.54) is 11.1 Å². The molecule has 2 aromatic rings. The van der Waals surface area contributed by atoms with Crippen LogP contribution in [0, 0.1) is 5.41 Å². The predicted molar refractivity (Wildman–Crippen MR) is 116 cm³/mol. The second-order valence-electron chi connectivity index (χ2n) is 8.44. The van der Waals surface area contributed by atoms with Gasteiger partial charge in [0, 0.05) is 50.8 Å². The van der Waals surface area contributed by atoms with E-state index < -0.39 is 0 Å². The summed E-state index contributed by atoms with van der Waals surface area (Å²) in [7, 11) is 1.58. The molecule has 154 valence electrons. The second-order valence-corrected chi connectivity index (χ2v) is 8.88.